The van der Waals surface area contributed by atoms with Crippen LogP contribution < -0.4 is 15.4 Å². The molecule has 13 heteroatoms. The third kappa shape index (κ3) is 11.4. The predicted molar refractivity (Wildman–Crippen MR) is 168 cm³/mol. The van der Waals surface area contributed by atoms with Crippen molar-refractivity contribution in [3.63, 3.8) is 0 Å². The van der Waals surface area contributed by atoms with E-state index in [4.69, 9.17) is 16.3 Å². The quantitative estimate of drug-likeness (QED) is 0.131. The Balaban J connectivity index is 1.44. The molecule has 5 atom stereocenters. The Labute approximate surface area is 275 Å². The number of hydrogen-bond acceptors (Lipinski definition) is 9. The molecule has 0 bridgehead atoms. The predicted octanol–water partition coefficient (Wildman–Crippen LogP) is 2.30. The van der Waals surface area contributed by atoms with Crippen molar-refractivity contribution in [2.45, 2.75) is 89.0 Å². The Hall–Kier alpha value is -4.04. The van der Waals surface area contributed by atoms with Crippen LogP contribution in [0.2, 0.25) is 0 Å². The van der Waals surface area contributed by atoms with E-state index in [1.807, 2.05) is 6.92 Å². The lowest BCUT2D eigenvalue weighted by molar-refractivity contribution is -0.271. The summed E-state index contributed by atoms with van der Waals surface area (Å²) in [5.74, 6) is -2.56. The van der Waals surface area contributed by atoms with Crippen LogP contribution in [0.15, 0.2) is 54.5 Å². The smallest absolute Gasteiger partial charge is 0.335 e. The van der Waals surface area contributed by atoms with Gasteiger partial charge >= 0.3 is 5.97 Å². The van der Waals surface area contributed by atoms with Gasteiger partial charge in [0.15, 0.2) is 6.10 Å². The number of aliphatic carboxylic acids is 1. The van der Waals surface area contributed by atoms with Gasteiger partial charge in [0.1, 0.15) is 24.1 Å². The van der Waals surface area contributed by atoms with E-state index < -0.39 is 78.4 Å². The fourth-order valence-corrected chi connectivity index (χ4v) is 4.64. The monoisotopic (exact) mass is 648 g/mol. The molecule has 0 unspecified atom stereocenters. The van der Waals surface area contributed by atoms with Gasteiger partial charge in [-0.1, -0.05) is 44.3 Å². The van der Waals surface area contributed by atoms with Crippen molar-refractivity contribution in [2.24, 2.45) is 0 Å². The maximum atomic E-state index is 12.9. The first-order chi connectivity index (χ1) is 24.2. The van der Waals surface area contributed by atoms with E-state index in [0.717, 1.165) is 12.8 Å². The zero-order valence-electron chi connectivity index (χ0n) is 30.7. The van der Waals surface area contributed by atoms with E-state index in [9.17, 15) is 39.6 Å². The maximum Gasteiger partial charge on any atom is 0.335 e. The van der Waals surface area contributed by atoms with Gasteiger partial charge in [0, 0.05) is 43.7 Å². The van der Waals surface area contributed by atoms with E-state index in [1.165, 1.54) is 24.3 Å². The number of carbonyl (C=O) groups excluding carboxylic acids is 3. The average molecular weight is 649 g/mol. The van der Waals surface area contributed by atoms with Crippen LogP contribution in [0.5, 0.6) is 5.75 Å². The molecule has 1 heterocycles. The lowest BCUT2D eigenvalue weighted by atomic mass is 9.99. The molecule has 2 aromatic rings. The number of hydrogen-bond donors (Lipinski definition) is 6. The van der Waals surface area contributed by atoms with Crippen LogP contribution >= 0.6 is 0 Å². The van der Waals surface area contributed by atoms with Crippen LogP contribution in [0.4, 0.5) is 5.69 Å². The topological polar surface area (TPSA) is 195 Å². The van der Waals surface area contributed by atoms with Crippen LogP contribution in [0, 0.1) is 0 Å². The normalized spacial score (nSPS) is 22.3. The molecule has 3 rings (SSSR count). The van der Waals surface area contributed by atoms with Gasteiger partial charge in [-0.3, -0.25) is 14.4 Å². The van der Waals surface area contributed by atoms with Crippen molar-refractivity contribution < 1.29 is 55.9 Å². The molecule has 0 radical (unpaired) electrons. The first-order valence-corrected chi connectivity index (χ1v) is 15.3. The van der Waals surface area contributed by atoms with Crippen molar-refractivity contribution in [1.29, 1.82) is 0 Å². The van der Waals surface area contributed by atoms with Crippen molar-refractivity contribution in [3.05, 3.63) is 60.0 Å². The number of rotatable bonds is 18. The zero-order chi connectivity index (χ0) is 37.8. The third-order valence-corrected chi connectivity index (χ3v) is 7.28. The largest absolute Gasteiger partial charge is 0.479 e. The van der Waals surface area contributed by atoms with E-state index in [2.05, 4.69) is 10.6 Å². The Bertz CT molecular complexity index is 1500. The minimum atomic E-state index is -1.85. The molecule has 2 aromatic carbocycles. The number of nitrogens with zero attached hydrogens (tertiary/aromatic N) is 1. The standard InChI is InChI=1S/C33H45N3O10/c1-2-3-13-26(38)36(20-10-5-4-9-19-34-31(42)22-11-7-6-8-12-22)21-18-25(37)35-23-14-16-24(17-15-23)45-33-29(41)27(39)28(40)30(46-33)32(43)44/h6-8,11-12,14-17,27-30,33,39-41H,2-5,9-10,13,18-21H2,1H3,(H,34,42)(H,35,37)(H,43,44)/t27-,28-,29+,30+,33+/m0/s1/i6D,7D,8D,11D,12D. The number of nitrogens with one attached hydrogen (secondary N) is 2. The fraction of sp³-hybridized carbons (Fsp3) is 0.515. The second-order valence-electron chi connectivity index (χ2n) is 10.8. The van der Waals surface area contributed by atoms with Gasteiger partial charge in [0.25, 0.3) is 5.91 Å². The molecule has 0 spiro atoms. The van der Waals surface area contributed by atoms with E-state index in [0.29, 0.717) is 44.3 Å². The molecule has 6 N–H and O–H groups in total. The number of carbonyl (C=O) groups is 4. The van der Waals surface area contributed by atoms with Crippen molar-refractivity contribution in [2.75, 3.05) is 25.0 Å². The van der Waals surface area contributed by atoms with Crippen molar-refractivity contribution in [3.8, 4) is 5.75 Å². The number of ether oxygens (including phenoxy) is 2. The number of benzene rings is 2. The van der Waals surface area contributed by atoms with Gasteiger partial charge in [-0.25, -0.2) is 4.79 Å². The second kappa shape index (κ2) is 18.8. The minimum Gasteiger partial charge on any atom is -0.479 e. The fourth-order valence-electron chi connectivity index (χ4n) is 4.64. The summed E-state index contributed by atoms with van der Waals surface area (Å²) in [6, 6.07) is 3.03. The summed E-state index contributed by atoms with van der Waals surface area (Å²) >= 11 is 0. The van der Waals surface area contributed by atoms with Gasteiger partial charge in [-0.05, 0) is 55.6 Å². The molecule has 13 nitrogen and oxygen atoms in total. The first kappa shape index (κ1) is 29.4. The van der Waals surface area contributed by atoms with E-state index in [-0.39, 0.29) is 37.1 Å². The van der Waals surface area contributed by atoms with Crippen molar-refractivity contribution >= 4 is 29.4 Å². The summed E-state index contributed by atoms with van der Waals surface area (Å²) in [7, 11) is 0. The Morgan fingerprint density at radius 1 is 0.891 bits per heavy atom. The summed E-state index contributed by atoms with van der Waals surface area (Å²) in [6.45, 7) is 2.84. The lowest BCUT2D eigenvalue weighted by Crippen LogP contribution is -2.61. The van der Waals surface area contributed by atoms with Crippen LogP contribution in [0.3, 0.4) is 0 Å². The maximum absolute atomic E-state index is 12.9. The zero-order valence-corrected chi connectivity index (χ0v) is 25.7. The summed E-state index contributed by atoms with van der Waals surface area (Å²) < 4.78 is 49.5. The number of anilines is 1. The molecule has 1 saturated heterocycles. The number of unbranched alkanes of at least 4 members (excludes halogenated alkanes) is 4. The molecule has 0 saturated carbocycles. The SMILES string of the molecule is [2H]c1c([2H])c([2H])c(C(=O)NCCCCCCN(CCC(=O)Nc2ccc(O[C@@H]3O[C@@H](C(=O)O)[C@@H](O)[C@H](O)[C@H]3O)cc2)C(=O)CCCC)c([2H])c1[2H]. The van der Waals surface area contributed by atoms with Crippen molar-refractivity contribution in [1.82, 2.24) is 10.2 Å². The summed E-state index contributed by atoms with van der Waals surface area (Å²) in [5, 5.41) is 44.5. The highest BCUT2D eigenvalue weighted by molar-refractivity contribution is 5.94. The number of aliphatic hydroxyl groups excluding tert-OH is 3. The number of carboxylic acids is 1. The molecule has 3 amide bonds. The Kier molecular flexibility index (Phi) is 12.0. The van der Waals surface area contributed by atoms with Crippen LogP contribution in [-0.4, -0.2) is 99.4 Å². The van der Waals surface area contributed by atoms with Crippen LogP contribution in [0.25, 0.3) is 0 Å². The van der Waals surface area contributed by atoms with Gasteiger partial charge in [0.05, 0.1) is 6.85 Å². The highest BCUT2D eigenvalue weighted by Crippen LogP contribution is 2.25. The molecule has 252 valence electrons. The minimum absolute atomic E-state index is 0.0261. The molecular formula is C33H45N3O10. The molecule has 0 aliphatic carbocycles. The summed E-state index contributed by atoms with van der Waals surface area (Å²) in [5.41, 5.74) is 0.00245. The molecule has 46 heavy (non-hydrogen) atoms. The molecule has 1 aliphatic rings. The van der Waals surface area contributed by atoms with E-state index >= 15 is 0 Å². The van der Waals surface area contributed by atoms with E-state index in [1.54, 1.807) is 4.90 Å². The lowest BCUT2D eigenvalue weighted by Gasteiger charge is -2.38. The summed E-state index contributed by atoms with van der Waals surface area (Å²) in [6.07, 6.45) is -4.20. The summed E-state index contributed by atoms with van der Waals surface area (Å²) in [4.78, 5) is 51.1. The second-order valence-corrected chi connectivity index (χ2v) is 10.8. The Morgan fingerprint density at radius 3 is 2.26 bits per heavy atom. The third-order valence-electron chi connectivity index (χ3n) is 7.28. The van der Waals surface area contributed by atoms with Crippen LogP contribution in [0.1, 0.15) is 75.5 Å². The number of amides is 3. The Morgan fingerprint density at radius 2 is 1.59 bits per heavy atom. The number of carboxylic acid groups (broad SMARTS) is 1. The first-order valence-electron chi connectivity index (χ1n) is 17.8. The molecular weight excluding hydrogens is 598 g/mol. The molecule has 1 fully saturated rings. The highest BCUT2D eigenvalue weighted by atomic mass is 16.7. The number of aliphatic hydroxyl groups is 3. The molecule has 0 aromatic heterocycles. The van der Waals surface area contributed by atoms with Gasteiger partial charge < -0.3 is 45.4 Å². The van der Waals surface area contributed by atoms with Gasteiger partial charge in [-0.15, -0.1) is 0 Å². The highest BCUT2D eigenvalue weighted by Gasteiger charge is 2.48. The van der Waals surface area contributed by atoms with Crippen LogP contribution in [-0.2, 0) is 19.1 Å². The average Bonchev–Trinajstić information content (AvgIpc) is 3.10. The van der Waals surface area contributed by atoms with Gasteiger partial charge in [-0.2, -0.15) is 0 Å². The van der Waals surface area contributed by atoms with Gasteiger partial charge in [0.2, 0.25) is 18.1 Å². The molecule has 1 aliphatic heterocycles.